The molecule has 0 bridgehead atoms. The van der Waals surface area contributed by atoms with Crippen molar-refractivity contribution in [2.75, 3.05) is 0 Å². The first-order chi connectivity index (χ1) is 4.57. The highest BCUT2D eigenvalue weighted by Gasteiger charge is 2.14. The van der Waals surface area contributed by atoms with Crippen LogP contribution < -0.4 is 17.0 Å². The summed E-state index contributed by atoms with van der Waals surface area (Å²) in [6.45, 7) is 0. The highest BCUT2D eigenvalue weighted by Crippen LogP contribution is 1.85. The largest absolute Gasteiger partial charge is 0.481 e. The molecule has 10 heavy (non-hydrogen) atoms. The summed E-state index contributed by atoms with van der Waals surface area (Å²) in [5.74, 6) is 2.87. The Kier molecular flexibility index (Phi) is 3.37. The topological polar surface area (TPSA) is 118 Å². The first-order valence-electron chi connectivity index (χ1n) is 2.55. The van der Waals surface area contributed by atoms with Crippen LogP contribution in [0.2, 0.25) is 0 Å². The molecule has 0 saturated heterocycles. The van der Waals surface area contributed by atoms with Gasteiger partial charge in [-0.05, 0) is 0 Å². The molecule has 0 aliphatic heterocycles. The van der Waals surface area contributed by atoms with E-state index in [-0.39, 0.29) is 0 Å². The van der Waals surface area contributed by atoms with Gasteiger partial charge in [-0.1, -0.05) is 0 Å². The van der Waals surface area contributed by atoms with E-state index in [9.17, 15) is 9.59 Å². The minimum Gasteiger partial charge on any atom is -0.481 e. The van der Waals surface area contributed by atoms with E-state index in [1.54, 1.807) is 5.43 Å². The van der Waals surface area contributed by atoms with Crippen LogP contribution in [0.1, 0.15) is 6.42 Å². The van der Waals surface area contributed by atoms with Crippen molar-refractivity contribution in [2.24, 2.45) is 11.6 Å². The van der Waals surface area contributed by atoms with Gasteiger partial charge in [-0.3, -0.25) is 15.0 Å². The molecule has 1 amide bonds. The van der Waals surface area contributed by atoms with Gasteiger partial charge in [0.05, 0.1) is 12.5 Å². The summed E-state index contributed by atoms with van der Waals surface area (Å²) in [4.78, 5) is 20.4. The average molecular weight is 147 g/mol. The molecule has 1 atom stereocenters. The first-order valence-corrected chi connectivity index (χ1v) is 2.55. The van der Waals surface area contributed by atoms with Gasteiger partial charge in [0.15, 0.2) is 0 Å². The quantitative estimate of drug-likeness (QED) is 0.205. The van der Waals surface area contributed by atoms with Crippen molar-refractivity contribution < 1.29 is 14.7 Å². The number of nitrogens with two attached hydrogens (primary N) is 2. The Morgan fingerprint density at radius 3 is 2.40 bits per heavy atom. The Bertz CT molecular complexity index is 147. The molecule has 0 rings (SSSR count). The summed E-state index contributed by atoms with van der Waals surface area (Å²) in [6.07, 6.45) is -0.414. The predicted molar refractivity (Wildman–Crippen MR) is 32.6 cm³/mol. The van der Waals surface area contributed by atoms with Crippen molar-refractivity contribution >= 4 is 11.9 Å². The molecule has 0 aromatic heterocycles. The van der Waals surface area contributed by atoms with E-state index < -0.39 is 24.3 Å². The van der Waals surface area contributed by atoms with E-state index in [4.69, 9.17) is 10.8 Å². The Morgan fingerprint density at radius 2 is 2.10 bits per heavy atom. The van der Waals surface area contributed by atoms with Crippen molar-refractivity contribution in [1.29, 1.82) is 0 Å². The third kappa shape index (κ3) is 3.00. The molecule has 1 unspecified atom stereocenters. The molecule has 6 N–H and O–H groups in total. The Labute approximate surface area is 57.2 Å². The van der Waals surface area contributed by atoms with Gasteiger partial charge < -0.3 is 10.8 Å². The minimum atomic E-state index is -1.13. The van der Waals surface area contributed by atoms with Gasteiger partial charge in [0.1, 0.15) is 0 Å². The molecular formula is C4H9N3O3. The summed E-state index contributed by atoms with van der Waals surface area (Å²) in [7, 11) is 0. The fourth-order valence-corrected chi connectivity index (χ4v) is 0.388. The van der Waals surface area contributed by atoms with Crippen LogP contribution in [0.5, 0.6) is 0 Å². The van der Waals surface area contributed by atoms with Gasteiger partial charge in [-0.25, -0.2) is 5.84 Å². The number of hydrazine groups is 1. The molecule has 6 nitrogen and oxygen atoms in total. The molecule has 0 aromatic rings. The summed E-state index contributed by atoms with van der Waals surface area (Å²) < 4.78 is 0. The normalized spacial score (nSPS) is 12.2. The predicted octanol–water partition coefficient (Wildman–Crippen LogP) is -2.22. The molecule has 0 heterocycles. The second-order valence-electron chi connectivity index (χ2n) is 1.71. The smallest absolute Gasteiger partial charge is 0.305 e. The van der Waals surface area contributed by atoms with Crippen molar-refractivity contribution in [1.82, 2.24) is 5.43 Å². The number of carboxylic acids is 1. The van der Waals surface area contributed by atoms with Gasteiger partial charge in [0.2, 0.25) is 0 Å². The highest BCUT2D eigenvalue weighted by atomic mass is 16.4. The maximum atomic E-state index is 10.4. The SMILES string of the molecule is NNC(=O)C(N)CC(=O)O. The number of carbonyl (C=O) groups excluding carboxylic acids is 1. The molecule has 0 spiro atoms. The van der Waals surface area contributed by atoms with E-state index in [0.29, 0.717) is 0 Å². The van der Waals surface area contributed by atoms with E-state index in [1.807, 2.05) is 0 Å². The van der Waals surface area contributed by atoms with Gasteiger partial charge >= 0.3 is 5.97 Å². The van der Waals surface area contributed by atoms with Crippen molar-refractivity contribution in [3.8, 4) is 0 Å². The maximum absolute atomic E-state index is 10.4. The lowest BCUT2D eigenvalue weighted by Crippen LogP contribution is -2.44. The van der Waals surface area contributed by atoms with Crippen LogP contribution in [-0.2, 0) is 9.59 Å². The highest BCUT2D eigenvalue weighted by molar-refractivity contribution is 5.85. The average Bonchev–Trinajstić information content (AvgIpc) is 1.85. The van der Waals surface area contributed by atoms with E-state index in [2.05, 4.69) is 5.84 Å². The van der Waals surface area contributed by atoms with Crippen LogP contribution in [0.15, 0.2) is 0 Å². The number of rotatable bonds is 3. The zero-order chi connectivity index (χ0) is 8.15. The lowest BCUT2D eigenvalue weighted by molar-refractivity contribution is -0.139. The van der Waals surface area contributed by atoms with Crippen LogP contribution in [0.3, 0.4) is 0 Å². The maximum Gasteiger partial charge on any atom is 0.305 e. The Balaban J connectivity index is 3.72. The molecule has 0 saturated carbocycles. The van der Waals surface area contributed by atoms with Gasteiger partial charge in [-0.15, -0.1) is 0 Å². The van der Waals surface area contributed by atoms with Crippen LogP contribution in [0.4, 0.5) is 0 Å². The third-order valence-electron chi connectivity index (χ3n) is 0.874. The Hall–Kier alpha value is -1.14. The number of amides is 1. The lowest BCUT2D eigenvalue weighted by atomic mass is 10.2. The molecule has 0 fully saturated rings. The molecule has 0 aliphatic carbocycles. The fourth-order valence-electron chi connectivity index (χ4n) is 0.388. The summed E-state index contributed by atoms with van der Waals surface area (Å²) in [5, 5.41) is 8.13. The summed E-state index contributed by atoms with van der Waals surface area (Å²) >= 11 is 0. The van der Waals surface area contributed by atoms with Gasteiger partial charge in [0.25, 0.3) is 5.91 Å². The van der Waals surface area contributed by atoms with E-state index >= 15 is 0 Å². The summed E-state index contributed by atoms with van der Waals surface area (Å²) in [6, 6.07) is -1.07. The van der Waals surface area contributed by atoms with Crippen LogP contribution in [0.25, 0.3) is 0 Å². The molecule has 0 radical (unpaired) electrons. The van der Waals surface area contributed by atoms with Crippen LogP contribution >= 0.6 is 0 Å². The molecule has 6 heteroatoms. The number of hydrogen-bond acceptors (Lipinski definition) is 4. The van der Waals surface area contributed by atoms with Gasteiger partial charge in [0, 0.05) is 0 Å². The minimum absolute atomic E-state index is 0.414. The second kappa shape index (κ2) is 3.80. The fraction of sp³-hybridized carbons (Fsp3) is 0.500. The van der Waals surface area contributed by atoms with Crippen molar-refractivity contribution in [3.63, 3.8) is 0 Å². The van der Waals surface area contributed by atoms with E-state index in [0.717, 1.165) is 0 Å². The number of nitrogens with one attached hydrogen (secondary N) is 1. The number of carboxylic acid groups (broad SMARTS) is 1. The zero-order valence-corrected chi connectivity index (χ0v) is 5.20. The first kappa shape index (κ1) is 8.86. The van der Waals surface area contributed by atoms with Crippen LogP contribution in [0, 0.1) is 0 Å². The molecular weight excluding hydrogens is 138 g/mol. The monoisotopic (exact) mass is 147 g/mol. The Morgan fingerprint density at radius 1 is 1.60 bits per heavy atom. The number of hydrogen-bond donors (Lipinski definition) is 4. The number of aliphatic carboxylic acids is 1. The van der Waals surface area contributed by atoms with Crippen LogP contribution in [-0.4, -0.2) is 23.0 Å². The molecule has 58 valence electrons. The lowest BCUT2D eigenvalue weighted by Gasteiger charge is -2.04. The molecule has 0 aromatic carbocycles. The second-order valence-corrected chi connectivity index (χ2v) is 1.71. The standard InChI is InChI=1S/C4H9N3O3/c5-2(1-3(8)9)4(10)7-6/h2H,1,5-6H2,(H,7,10)(H,8,9). The third-order valence-corrected chi connectivity index (χ3v) is 0.874. The van der Waals surface area contributed by atoms with Crippen molar-refractivity contribution in [2.45, 2.75) is 12.5 Å². The number of carbonyl (C=O) groups is 2. The van der Waals surface area contributed by atoms with Gasteiger partial charge in [-0.2, -0.15) is 0 Å². The van der Waals surface area contributed by atoms with E-state index in [1.165, 1.54) is 0 Å². The molecule has 0 aliphatic rings. The summed E-state index contributed by atoms with van der Waals surface area (Å²) in [5.41, 5.74) is 6.80. The zero-order valence-electron chi connectivity index (χ0n) is 5.20. The van der Waals surface area contributed by atoms with Crippen molar-refractivity contribution in [3.05, 3.63) is 0 Å².